The van der Waals surface area contributed by atoms with Crippen molar-refractivity contribution in [2.45, 2.75) is 0 Å². The molecule has 0 radical (unpaired) electrons. The number of para-hydroxylation sites is 1. The van der Waals surface area contributed by atoms with Crippen LogP contribution in [0.4, 0.5) is 0 Å². The highest BCUT2D eigenvalue weighted by Crippen LogP contribution is 2.24. The molecule has 0 saturated heterocycles. The molecule has 4 rings (SSSR count). The second-order valence-electron chi connectivity index (χ2n) is 5.62. The molecule has 7 heteroatoms. The van der Waals surface area contributed by atoms with Crippen molar-refractivity contribution in [1.82, 2.24) is 9.38 Å². The quantitative estimate of drug-likeness (QED) is 0.585. The van der Waals surface area contributed by atoms with E-state index in [0.29, 0.717) is 26.6 Å². The summed E-state index contributed by atoms with van der Waals surface area (Å²) in [6, 6.07) is 14.3. The van der Waals surface area contributed by atoms with E-state index in [1.54, 1.807) is 42.5 Å². The Labute approximate surface area is 157 Å². The lowest BCUT2D eigenvalue weighted by Crippen LogP contribution is -2.17. The third-order valence-corrected chi connectivity index (χ3v) is 5.26. The Morgan fingerprint density at radius 2 is 1.85 bits per heavy atom. The molecule has 2 aromatic heterocycles. The van der Waals surface area contributed by atoms with Gasteiger partial charge in [-0.05, 0) is 35.9 Å². The first kappa shape index (κ1) is 16.5. The minimum atomic E-state index is -0.597. The number of hydrogen-bond donors (Lipinski definition) is 1. The zero-order chi connectivity index (χ0) is 18.3. The van der Waals surface area contributed by atoms with Crippen LogP contribution in [-0.2, 0) is 0 Å². The lowest BCUT2D eigenvalue weighted by molar-refractivity contribution is 0.100. The number of thiazole rings is 1. The molecule has 128 valence electrons. The normalized spacial score (nSPS) is 11.6. The van der Waals surface area contributed by atoms with Gasteiger partial charge in [0.15, 0.2) is 4.96 Å². The maximum absolute atomic E-state index is 12.9. The van der Waals surface area contributed by atoms with Crippen LogP contribution in [-0.4, -0.2) is 15.3 Å². The van der Waals surface area contributed by atoms with Gasteiger partial charge in [-0.3, -0.25) is 14.0 Å². The predicted molar refractivity (Wildman–Crippen MR) is 106 cm³/mol. The summed E-state index contributed by atoms with van der Waals surface area (Å²) < 4.78 is 1.43. The number of nitrogens with zero attached hydrogens (tertiary/aromatic N) is 2. The molecule has 0 fully saturated rings. The molecule has 0 aliphatic rings. The lowest BCUT2D eigenvalue weighted by atomic mass is 10.2. The molecular weight excluding hydrogens is 370 g/mol. The van der Waals surface area contributed by atoms with Crippen LogP contribution < -0.4 is 11.3 Å². The Balaban J connectivity index is 1.98. The number of aromatic nitrogens is 2. The first-order chi connectivity index (χ1) is 12.5. The highest BCUT2D eigenvalue weighted by molar-refractivity contribution is 7.19. The average Bonchev–Trinajstić information content (AvgIpc) is 3.00. The second-order valence-corrected chi connectivity index (χ2v) is 7.03. The molecule has 0 unspecified atom stereocenters. The van der Waals surface area contributed by atoms with E-state index >= 15 is 0 Å². The number of primary amides is 1. The third kappa shape index (κ3) is 2.79. The van der Waals surface area contributed by atoms with E-state index in [4.69, 9.17) is 17.3 Å². The number of carbonyl (C=O) groups excluding carboxylic acids is 1. The van der Waals surface area contributed by atoms with Gasteiger partial charge in [-0.25, -0.2) is 4.98 Å². The van der Waals surface area contributed by atoms with Gasteiger partial charge in [0, 0.05) is 5.02 Å². The fourth-order valence-electron chi connectivity index (χ4n) is 2.71. The lowest BCUT2D eigenvalue weighted by Gasteiger charge is -2.01. The van der Waals surface area contributed by atoms with Gasteiger partial charge >= 0.3 is 0 Å². The van der Waals surface area contributed by atoms with E-state index in [1.807, 2.05) is 18.2 Å². The van der Waals surface area contributed by atoms with Crippen LogP contribution in [0.5, 0.6) is 0 Å². The molecule has 4 aromatic rings. The Hall–Kier alpha value is -2.96. The predicted octanol–water partition coefficient (Wildman–Crippen LogP) is 3.83. The van der Waals surface area contributed by atoms with Crippen molar-refractivity contribution in [3.63, 3.8) is 0 Å². The molecular formula is C19H12ClN3O2S. The summed E-state index contributed by atoms with van der Waals surface area (Å²) in [5, 5.41) is 1.12. The van der Waals surface area contributed by atoms with Gasteiger partial charge in [-0.1, -0.05) is 53.3 Å². The number of carbonyl (C=O) groups is 1. The van der Waals surface area contributed by atoms with E-state index in [9.17, 15) is 9.59 Å². The van der Waals surface area contributed by atoms with Gasteiger partial charge in [0.05, 0.1) is 16.6 Å². The molecule has 0 atom stereocenters. The van der Waals surface area contributed by atoms with E-state index in [-0.39, 0.29) is 10.4 Å². The monoisotopic (exact) mass is 381 g/mol. The van der Waals surface area contributed by atoms with Crippen molar-refractivity contribution in [3.8, 4) is 0 Å². The molecule has 2 aromatic carbocycles. The zero-order valence-electron chi connectivity index (χ0n) is 13.3. The fraction of sp³-hybridized carbons (Fsp3) is 0. The number of benzene rings is 2. The SMILES string of the molecule is NC(=O)c1sc2nc3ccccc3c(=O)n2c1C=Cc1ccc(Cl)cc1. The summed E-state index contributed by atoms with van der Waals surface area (Å²) in [6.45, 7) is 0. The summed E-state index contributed by atoms with van der Waals surface area (Å²) in [7, 11) is 0. The molecule has 26 heavy (non-hydrogen) atoms. The standard InChI is InChI=1S/C19H12ClN3O2S/c20-12-8-5-11(6-9-12)7-10-15-16(17(21)24)26-19-22-14-4-2-1-3-13(14)18(25)23(15)19/h1-10H,(H2,21,24). The topological polar surface area (TPSA) is 77.5 Å². The van der Waals surface area contributed by atoms with Crippen LogP contribution >= 0.6 is 22.9 Å². The molecule has 0 spiro atoms. The minimum Gasteiger partial charge on any atom is -0.365 e. The van der Waals surface area contributed by atoms with Gasteiger partial charge in [-0.15, -0.1) is 0 Å². The minimum absolute atomic E-state index is 0.231. The van der Waals surface area contributed by atoms with Crippen LogP contribution in [0.25, 0.3) is 28.0 Å². The first-order valence-corrected chi connectivity index (χ1v) is 8.92. The van der Waals surface area contributed by atoms with Gasteiger partial charge in [0.25, 0.3) is 11.5 Å². The van der Waals surface area contributed by atoms with Crippen molar-refractivity contribution in [2.24, 2.45) is 5.73 Å². The highest BCUT2D eigenvalue weighted by Gasteiger charge is 2.18. The summed E-state index contributed by atoms with van der Waals surface area (Å²) in [5.74, 6) is -0.597. The number of amides is 1. The highest BCUT2D eigenvalue weighted by atomic mass is 35.5. The summed E-state index contributed by atoms with van der Waals surface area (Å²) >= 11 is 7.00. The van der Waals surface area contributed by atoms with Gasteiger partial charge in [-0.2, -0.15) is 0 Å². The average molecular weight is 382 g/mol. The van der Waals surface area contributed by atoms with Crippen LogP contribution in [0.3, 0.4) is 0 Å². The molecule has 0 aliphatic heterocycles. The number of nitrogens with two attached hydrogens (primary N) is 1. The van der Waals surface area contributed by atoms with E-state index in [1.165, 1.54) is 4.40 Å². The van der Waals surface area contributed by atoms with E-state index < -0.39 is 5.91 Å². The maximum atomic E-state index is 12.9. The van der Waals surface area contributed by atoms with Crippen LogP contribution in [0.2, 0.25) is 5.02 Å². The van der Waals surface area contributed by atoms with Gasteiger partial charge in [0.2, 0.25) is 0 Å². The molecule has 5 nitrogen and oxygen atoms in total. The van der Waals surface area contributed by atoms with Gasteiger partial charge in [0.1, 0.15) is 4.88 Å². The van der Waals surface area contributed by atoms with Crippen molar-refractivity contribution in [1.29, 1.82) is 0 Å². The van der Waals surface area contributed by atoms with Crippen molar-refractivity contribution >= 4 is 56.9 Å². The maximum Gasteiger partial charge on any atom is 0.266 e. The molecule has 2 heterocycles. The largest absolute Gasteiger partial charge is 0.365 e. The fourth-order valence-corrected chi connectivity index (χ4v) is 3.80. The first-order valence-electron chi connectivity index (χ1n) is 7.72. The molecule has 0 aliphatic carbocycles. The Bertz CT molecular complexity index is 1240. The molecule has 0 bridgehead atoms. The van der Waals surface area contributed by atoms with E-state index in [2.05, 4.69) is 4.98 Å². The Kier molecular flexibility index (Phi) is 4.06. The van der Waals surface area contributed by atoms with Crippen molar-refractivity contribution < 1.29 is 4.79 Å². The Morgan fingerprint density at radius 1 is 1.12 bits per heavy atom. The number of fused-ring (bicyclic) bond motifs is 2. The van der Waals surface area contributed by atoms with E-state index in [0.717, 1.165) is 16.9 Å². The number of halogens is 1. The van der Waals surface area contributed by atoms with Gasteiger partial charge < -0.3 is 5.73 Å². The van der Waals surface area contributed by atoms with Crippen LogP contribution in [0, 0.1) is 0 Å². The summed E-state index contributed by atoms with van der Waals surface area (Å²) in [4.78, 5) is 30.0. The summed E-state index contributed by atoms with van der Waals surface area (Å²) in [6.07, 6.45) is 3.50. The second kappa shape index (κ2) is 6.40. The number of rotatable bonds is 3. The van der Waals surface area contributed by atoms with Crippen LogP contribution in [0.1, 0.15) is 20.9 Å². The Morgan fingerprint density at radius 3 is 2.58 bits per heavy atom. The smallest absolute Gasteiger partial charge is 0.266 e. The van der Waals surface area contributed by atoms with Crippen LogP contribution in [0.15, 0.2) is 53.3 Å². The molecule has 1 amide bonds. The van der Waals surface area contributed by atoms with Crippen molar-refractivity contribution in [2.75, 3.05) is 0 Å². The zero-order valence-corrected chi connectivity index (χ0v) is 14.9. The molecule has 2 N–H and O–H groups in total. The third-order valence-electron chi connectivity index (χ3n) is 3.94. The molecule has 0 saturated carbocycles. The number of hydrogen-bond acceptors (Lipinski definition) is 4. The van der Waals surface area contributed by atoms with Crippen molar-refractivity contribution in [3.05, 3.63) is 80.0 Å². The summed E-state index contributed by atoms with van der Waals surface area (Å²) in [5.41, 5.74) is 7.18.